The van der Waals surface area contributed by atoms with Crippen LogP contribution in [-0.2, 0) is 9.59 Å². The third-order valence-corrected chi connectivity index (χ3v) is 6.82. The van der Waals surface area contributed by atoms with Crippen molar-refractivity contribution in [3.8, 4) is 11.1 Å². The van der Waals surface area contributed by atoms with Gasteiger partial charge in [-0.15, -0.1) is 0 Å². The molecule has 34 heavy (non-hydrogen) atoms. The summed E-state index contributed by atoms with van der Waals surface area (Å²) < 4.78 is 0. The average Bonchev–Trinajstić information content (AvgIpc) is 3.22. The quantitative estimate of drug-likeness (QED) is 0.673. The lowest BCUT2D eigenvalue weighted by atomic mass is 9.83. The van der Waals surface area contributed by atoms with Crippen molar-refractivity contribution in [3.63, 3.8) is 0 Å². The molecule has 0 aromatic heterocycles. The molecule has 1 fully saturated rings. The Labute approximate surface area is 200 Å². The zero-order chi connectivity index (χ0) is 24.2. The number of benzene rings is 2. The molecule has 0 amide bonds. The van der Waals surface area contributed by atoms with Crippen LogP contribution in [0.3, 0.4) is 0 Å². The number of aliphatic carboxylic acids is 1. The molecule has 2 aromatic carbocycles. The van der Waals surface area contributed by atoms with Gasteiger partial charge in [-0.1, -0.05) is 73.4 Å². The van der Waals surface area contributed by atoms with Gasteiger partial charge in [-0.2, -0.15) is 0 Å². The first-order chi connectivity index (χ1) is 16.5. The molecular weight excluding hydrogens is 426 g/mol. The van der Waals surface area contributed by atoms with Crippen LogP contribution in [0.2, 0.25) is 0 Å². The number of carbonyl (C=O) groups excluding carboxylic acids is 1. The van der Waals surface area contributed by atoms with Crippen molar-refractivity contribution < 1.29 is 14.7 Å². The second kappa shape index (κ2) is 10.2. The summed E-state index contributed by atoms with van der Waals surface area (Å²) in [4.78, 5) is 24.5. The molecule has 6 nitrogen and oxygen atoms in total. The van der Waals surface area contributed by atoms with Crippen LogP contribution in [0.5, 0.6) is 0 Å². The number of rotatable bonds is 4. The van der Waals surface area contributed by atoms with E-state index < -0.39 is 5.97 Å². The van der Waals surface area contributed by atoms with Crippen molar-refractivity contribution in [2.24, 2.45) is 10.9 Å². The minimum Gasteiger partial charge on any atom is -0.478 e. The molecule has 2 heterocycles. The third kappa shape index (κ3) is 4.46. The van der Waals surface area contributed by atoms with Crippen LogP contribution in [-0.4, -0.2) is 47.7 Å². The maximum atomic E-state index is 11.8. The number of fused-ring (bicyclic) bond motifs is 1. The van der Waals surface area contributed by atoms with Gasteiger partial charge in [-0.05, 0) is 36.5 Å². The topological polar surface area (TPSA) is 73.2 Å². The minimum absolute atomic E-state index is 0.367. The second-order valence-electron chi connectivity index (χ2n) is 9.07. The van der Waals surface area contributed by atoms with E-state index in [0.717, 1.165) is 24.0 Å². The predicted octanol–water partition coefficient (Wildman–Crippen LogP) is 5.31. The van der Waals surface area contributed by atoms with Gasteiger partial charge in [0.25, 0.3) is 0 Å². The highest BCUT2D eigenvalue weighted by Crippen LogP contribution is 2.42. The summed E-state index contributed by atoms with van der Waals surface area (Å²) in [5, 5.41) is 13.8. The number of aryl methyl sites for hydroxylation is 1. The second-order valence-corrected chi connectivity index (χ2v) is 9.07. The Balaban J connectivity index is 0.00000133. The van der Waals surface area contributed by atoms with E-state index in [2.05, 4.69) is 65.5 Å². The van der Waals surface area contributed by atoms with Crippen LogP contribution in [0.4, 0.5) is 0 Å². The first-order valence-electron chi connectivity index (χ1n) is 11.7. The zero-order valence-electron chi connectivity index (χ0n) is 19.8. The number of nitrogens with zero attached hydrogens (tertiary/aromatic N) is 3. The first kappa shape index (κ1) is 23.6. The Morgan fingerprint density at radius 1 is 1.00 bits per heavy atom. The van der Waals surface area contributed by atoms with Gasteiger partial charge >= 0.3 is 5.97 Å². The van der Waals surface area contributed by atoms with E-state index in [-0.39, 0.29) is 0 Å². The number of carboxylic acids is 1. The number of hydrogen-bond donors (Lipinski definition) is 1. The van der Waals surface area contributed by atoms with Gasteiger partial charge in [-0.3, -0.25) is 5.01 Å². The number of hydrazine groups is 1. The standard InChI is InChI=1S/C27H29N3O2.CH2O/c1-18-7-6-10-22(15-18)19-11-13-20(14-12-19)23-16-28-26-24(27(31)32)17-29(2)30(26)25(23)21-8-4-3-5-9-21;1-2/h6-7,10-16,21H,3-5,8-9,17H2,1-2H3,(H,31,32);1H2. The summed E-state index contributed by atoms with van der Waals surface area (Å²) in [6.45, 7) is 4.48. The number of carbonyl (C=O) groups is 2. The van der Waals surface area contributed by atoms with Crippen LogP contribution in [0.25, 0.3) is 16.7 Å². The molecule has 1 aliphatic carbocycles. The lowest BCUT2D eigenvalue weighted by Gasteiger charge is -2.39. The van der Waals surface area contributed by atoms with Crippen molar-refractivity contribution in [1.29, 1.82) is 0 Å². The van der Waals surface area contributed by atoms with Crippen molar-refractivity contribution >= 4 is 24.5 Å². The molecule has 0 bridgehead atoms. The molecule has 1 saturated carbocycles. The molecule has 2 aliphatic heterocycles. The van der Waals surface area contributed by atoms with Gasteiger partial charge in [0.05, 0.1) is 12.1 Å². The van der Waals surface area contributed by atoms with E-state index in [4.69, 9.17) is 4.79 Å². The molecule has 5 rings (SSSR count). The predicted molar refractivity (Wildman–Crippen MR) is 135 cm³/mol. The summed E-state index contributed by atoms with van der Waals surface area (Å²) in [7, 11) is 1.96. The molecular formula is C28H31N3O3. The van der Waals surface area contributed by atoms with Crippen molar-refractivity contribution in [1.82, 2.24) is 10.0 Å². The summed E-state index contributed by atoms with van der Waals surface area (Å²) in [6.07, 6.45) is 7.86. The van der Waals surface area contributed by atoms with E-state index in [1.54, 1.807) is 0 Å². The monoisotopic (exact) mass is 457 g/mol. The SMILES string of the molecule is C=O.Cc1cccc(-c2ccc(C3=C(C4CCCCC4)N4C(=C(C(=O)O)CN4C)N=C3)cc2)c1. The molecule has 3 aliphatic rings. The Kier molecular flexibility index (Phi) is 7.08. The Bertz CT molecular complexity index is 1160. The Morgan fingerprint density at radius 3 is 2.32 bits per heavy atom. The minimum atomic E-state index is -0.888. The number of hydrogen-bond acceptors (Lipinski definition) is 5. The van der Waals surface area contributed by atoms with E-state index >= 15 is 0 Å². The lowest BCUT2D eigenvalue weighted by Crippen LogP contribution is -2.38. The summed E-state index contributed by atoms with van der Waals surface area (Å²) in [6, 6.07) is 17.2. The number of aliphatic imine (C=N–C) groups is 1. The molecule has 2 aromatic rings. The molecule has 0 atom stereocenters. The van der Waals surface area contributed by atoms with Crippen LogP contribution >= 0.6 is 0 Å². The fourth-order valence-corrected chi connectivity index (χ4v) is 5.22. The van der Waals surface area contributed by atoms with Crippen LogP contribution < -0.4 is 0 Å². The van der Waals surface area contributed by atoms with Gasteiger partial charge in [0, 0.05) is 30.5 Å². The lowest BCUT2D eigenvalue weighted by molar-refractivity contribution is -0.132. The van der Waals surface area contributed by atoms with E-state index in [1.165, 1.54) is 41.6 Å². The summed E-state index contributed by atoms with van der Waals surface area (Å²) >= 11 is 0. The zero-order valence-corrected chi connectivity index (χ0v) is 19.8. The molecule has 0 radical (unpaired) electrons. The first-order valence-corrected chi connectivity index (χ1v) is 11.7. The Morgan fingerprint density at radius 2 is 1.68 bits per heavy atom. The maximum absolute atomic E-state index is 11.8. The largest absolute Gasteiger partial charge is 0.478 e. The van der Waals surface area contributed by atoms with Gasteiger partial charge in [0.15, 0.2) is 5.82 Å². The van der Waals surface area contributed by atoms with Crippen molar-refractivity contribution in [2.45, 2.75) is 39.0 Å². The fraction of sp³-hybridized carbons (Fsp3) is 0.321. The van der Waals surface area contributed by atoms with E-state index in [0.29, 0.717) is 23.9 Å². The van der Waals surface area contributed by atoms with Crippen LogP contribution in [0.1, 0.15) is 43.2 Å². The van der Waals surface area contributed by atoms with E-state index in [1.807, 2.05) is 25.1 Å². The number of carboxylic acid groups (broad SMARTS) is 1. The highest BCUT2D eigenvalue weighted by atomic mass is 16.4. The van der Waals surface area contributed by atoms with Gasteiger partial charge in [0.1, 0.15) is 6.79 Å². The van der Waals surface area contributed by atoms with E-state index in [9.17, 15) is 9.90 Å². The van der Waals surface area contributed by atoms with Crippen molar-refractivity contribution in [3.05, 3.63) is 76.7 Å². The molecule has 0 unspecified atom stereocenters. The summed E-state index contributed by atoms with van der Waals surface area (Å²) in [5.41, 5.74) is 7.46. The van der Waals surface area contributed by atoms with Gasteiger partial charge < -0.3 is 9.90 Å². The fourth-order valence-electron chi connectivity index (χ4n) is 5.22. The molecule has 0 spiro atoms. The smallest absolute Gasteiger partial charge is 0.336 e. The number of allylic oxidation sites excluding steroid dienone is 2. The van der Waals surface area contributed by atoms with Crippen molar-refractivity contribution in [2.75, 3.05) is 13.6 Å². The third-order valence-electron chi connectivity index (χ3n) is 6.82. The Hall–Kier alpha value is -3.51. The maximum Gasteiger partial charge on any atom is 0.336 e. The molecule has 1 N–H and O–H groups in total. The van der Waals surface area contributed by atoms with Crippen LogP contribution in [0, 0.1) is 12.8 Å². The van der Waals surface area contributed by atoms with Crippen LogP contribution in [0.15, 0.2) is 70.6 Å². The molecule has 6 heteroatoms. The summed E-state index contributed by atoms with van der Waals surface area (Å²) in [5.74, 6) is 0.0914. The highest BCUT2D eigenvalue weighted by molar-refractivity contribution is 6.12. The average molecular weight is 458 g/mol. The van der Waals surface area contributed by atoms with Gasteiger partial charge in [0.2, 0.25) is 0 Å². The highest BCUT2D eigenvalue weighted by Gasteiger charge is 2.39. The van der Waals surface area contributed by atoms with Gasteiger partial charge in [-0.25, -0.2) is 14.8 Å². The normalized spacial score (nSPS) is 18.6. The molecule has 0 saturated heterocycles. The number of likely N-dealkylation sites (N-methyl/N-ethyl adjacent to an activating group) is 1. The molecule has 176 valence electrons.